The molecule has 29 heavy (non-hydrogen) atoms. The molecule has 1 heterocycles. The van der Waals surface area contributed by atoms with E-state index in [-0.39, 0.29) is 24.3 Å². The summed E-state index contributed by atoms with van der Waals surface area (Å²) in [7, 11) is 0. The zero-order valence-corrected chi connectivity index (χ0v) is 17.9. The lowest BCUT2D eigenvalue weighted by atomic mass is 9.95. The molecule has 0 aliphatic heterocycles. The van der Waals surface area contributed by atoms with Gasteiger partial charge >= 0.3 is 0 Å². The molecule has 1 aromatic carbocycles. The van der Waals surface area contributed by atoms with Crippen molar-refractivity contribution in [3.63, 3.8) is 0 Å². The van der Waals surface area contributed by atoms with Gasteiger partial charge in [0.2, 0.25) is 5.91 Å². The molecule has 6 nitrogen and oxygen atoms in total. The van der Waals surface area contributed by atoms with Crippen molar-refractivity contribution < 1.29 is 14.3 Å². The third-order valence-electron chi connectivity index (χ3n) is 4.82. The molecular formula is C22H29N3O3S. The minimum atomic E-state index is -0.252. The van der Waals surface area contributed by atoms with Crippen molar-refractivity contribution in [2.75, 3.05) is 6.54 Å². The molecule has 0 saturated heterocycles. The molecule has 0 radical (unpaired) electrons. The first kappa shape index (κ1) is 21.3. The Bertz CT molecular complexity index is 811. The summed E-state index contributed by atoms with van der Waals surface area (Å²) >= 11 is 1.42. The van der Waals surface area contributed by atoms with Crippen molar-refractivity contribution in [1.82, 2.24) is 15.6 Å². The van der Waals surface area contributed by atoms with Crippen LogP contribution in [-0.2, 0) is 4.79 Å². The van der Waals surface area contributed by atoms with Gasteiger partial charge in [-0.2, -0.15) is 0 Å². The third kappa shape index (κ3) is 6.56. The first-order valence-corrected chi connectivity index (χ1v) is 11.2. The van der Waals surface area contributed by atoms with Gasteiger partial charge in [-0.3, -0.25) is 9.59 Å². The van der Waals surface area contributed by atoms with Gasteiger partial charge in [-0.1, -0.05) is 19.3 Å². The number of aromatic nitrogens is 1. The summed E-state index contributed by atoms with van der Waals surface area (Å²) in [5.41, 5.74) is 1.32. The maximum atomic E-state index is 12.3. The molecule has 0 atom stereocenters. The molecular weight excluding hydrogens is 386 g/mol. The summed E-state index contributed by atoms with van der Waals surface area (Å²) in [6.07, 6.45) is 6.16. The van der Waals surface area contributed by atoms with E-state index in [1.54, 1.807) is 5.38 Å². The smallest absolute Gasteiger partial charge is 0.270 e. The second-order valence-corrected chi connectivity index (χ2v) is 8.50. The number of rotatable bonds is 8. The number of benzene rings is 1. The number of carbonyl (C=O) groups is 2. The molecule has 2 aromatic rings. The van der Waals surface area contributed by atoms with Gasteiger partial charge in [-0.25, -0.2) is 4.98 Å². The maximum Gasteiger partial charge on any atom is 0.270 e. The summed E-state index contributed by atoms with van der Waals surface area (Å²) in [4.78, 5) is 28.8. The molecule has 0 bridgehead atoms. The molecule has 0 spiro atoms. The van der Waals surface area contributed by atoms with E-state index in [2.05, 4.69) is 15.6 Å². The number of hydrogen-bond donors (Lipinski definition) is 2. The molecule has 2 amide bonds. The SMILES string of the molecule is CC(C)Oc1ccc(-c2nc(C(=O)NCCC(=O)NC3CCCCC3)cs2)cc1. The topological polar surface area (TPSA) is 80.3 Å². The zero-order valence-electron chi connectivity index (χ0n) is 17.1. The average Bonchev–Trinajstić information content (AvgIpc) is 3.19. The Labute approximate surface area is 176 Å². The maximum absolute atomic E-state index is 12.3. The molecule has 1 fully saturated rings. The first-order chi connectivity index (χ1) is 14.0. The van der Waals surface area contributed by atoms with E-state index in [0.29, 0.717) is 18.3 Å². The van der Waals surface area contributed by atoms with E-state index in [1.165, 1.54) is 30.6 Å². The van der Waals surface area contributed by atoms with E-state index >= 15 is 0 Å². The Morgan fingerprint density at radius 2 is 1.90 bits per heavy atom. The number of ether oxygens (including phenoxy) is 1. The van der Waals surface area contributed by atoms with Gasteiger partial charge in [-0.15, -0.1) is 11.3 Å². The second-order valence-electron chi connectivity index (χ2n) is 7.64. The molecule has 1 aliphatic rings. The second kappa shape index (κ2) is 10.4. The monoisotopic (exact) mass is 415 g/mol. The molecule has 156 valence electrons. The van der Waals surface area contributed by atoms with E-state index in [4.69, 9.17) is 4.74 Å². The molecule has 2 N–H and O–H groups in total. The number of nitrogens with one attached hydrogen (secondary N) is 2. The van der Waals surface area contributed by atoms with Crippen LogP contribution >= 0.6 is 11.3 Å². The van der Waals surface area contributed by atoms with Crippen LogP contribution in [0.3, 0.4) is 0 Å². The highest BCUT2D eigenvalue weighted by Gasteiger charge is 2.16. The van der Waals surface area contributed by atoms with Gasteiger partial charge in [0.1, 0.15) is 16.5 Å². The van der Waals surface area contributed by atoms with Crippen LogP contribution in [0.2, 0.25) is 0 Å². The standard InChI is InChI=1S/C22H29N3O3S/c1-15(2)28-18-10-8-16(9-11-18)22-25-19(14-29-22)21(27)23-13-12-20(26)24-17-6-4-3-5-7-17/h8-11,14-15,17H,3-7,12-13H2,1-2H3,(H,23,27)(H,24,26). The minimum Gasteiger partial charge on any atom is -0.491 e. The fourth-order valence-corrected chi connectivity index (χ4v) is 4.19. The van der Waals surface area contributed by atoms with Crippen LogP contribution in [0.25, 0.3) is 10.6 Å². The molecule has 1 saturated carbocycles. The molecule has 1 aliphatic carbocycles. The predicted octanol–water partition coefficient (Wildman–Crippen LogP) is 4.17. The normalized spacial score (nSPS) is 14.6. The Morgan fingerprint density at radius 3 is 2.59 bits per heavy atom. The van der Waals surface area contributed by atoms with Crippen LogP contribution in [0.1, 0.15) is 62.9 Å². The number of carbonyl (C=O) groups excluding carboxylic acids is 2. The van der Waals surface area contributed by atoms with Crippen LogP contribution in [-0.4, -0.2) is 35.5 Å². The van der Waals surface area contributed by atoms with E-state index in [0.717, 1.165) is 29.2 Å². The van der Waals surface area contributed by atoms with Crippen LogP contribution < -0.4 is 15.4 Å². The lowest BCUT2D eigenvalue weighted by Crippen LogP contribution is -2.38. The number of thiazole rings is 1. The van der Waals surface area contributed by atoms with E-state index in [9.17, 15) is 9.59 Å². The van der Waals surface area contributed by atoms with Crippen LogP contribution in [0.5, 0.6) is 5.75 Å². The molecule has 0 unspecified atom stereocenters. The quantitative estimate of drug-likeness (QED) is 0.678. The van der Waals surface area contributed by atoms with Gasteiger partial charge in [0.25, 0.3) is 5.91 Å². The molecule has 3 rings (SSSR count). The highest BCUT2D eigenvalue weighted by molar-refractivity contribution is 7.13. The lowest BCUT2D eigenvalue weighted by Gasteiger charge is -2.22. The lowest BCUT2D eigenvalue weighted by molar-refractivity contribution is -0.121. The van der Waals surface area contributed by atoms with Gasteiger partial charge in [-0.05, 0) is 51.0 Å². The van der Waals surface area contributed by atoms with Gasteiger partial charge < -0.3 is 15.4 Å². The minimum absolute atomic E-state index is 0.000117. The Morgan fingerprint density at radius 1 is 1.17 bits per heavy atom. The number of hydrogen-bond acceptors (Lipinski definition) is 5. The highest BCUT2D eigenvalue weighted by atomic mass is 32.1. The van der Waals surface area contributed by atoms with Crippen molar-refractivity contribution in [1.29, 1.82) is 0 Å². The summed E-state index contributed by atoms with van der Waals surface area (Å²) < 4.78 is 5.65. The van der Waals surface area contributed by atoms with Gasteiger partial charge in [0, 0.05) is 30.0 Å². The highest BCUT2D eigenvalue weighted by Crippen LogP contribution is 2.26. The summed E-state index contributed by atoms with van der Waals surface area (Å²) in [6, 6.07) is 7.98. The zero-order chi connectivity index (χ0) is 20.6. The van der Waals surface area contributed by atoms with Crippen molar-refractivity contribution in [2.24, 2.45) is 0 Å². The molecule has 1 aromatic heterocycles. The number of nitrogens with zero attached hydrogens (tertiary/aromatic N) is 1. The fourth-order valence-electron chi connectivity index (χ4n) is 3.39. The van der Waals surface area contributed by atoms with E-state index < -0.39 is 0 Å². The summed E-state index contributed by atoms with van der Waals surface area (Å²) in [6.45, 7) is 4.28. The van der Waals surface area contributed by atoms with Crippen molar-refractivity contribution in [3.8, 4) is 16.3 Å². The third-order valence-corrected chi connectivity index (χ3v) is 5.71. The average molecular weight is 416 g/mol. The van der Waals surface area contributed by atoms with E-state index in [1.807, 2.05) is 38.1 Å². The summed E-state index contributed by atoms with van der Waals surface area (Å²) in [5.74, 6) is 0.558. The number of amides is 2. The Kier molecular flexibility index (Phi) is 7.63. The first-order valence-electron chi connectivity index (χ1n) is 10.3. The Balaban J connectivity index is 1.45. The summed E-state index contributed by atoms with van der Waals surface area (Å²) in [5, 5.41) is 8.37. The van der Waals surface area contributed by atoms with Crippen LogP contribution in [0.15, 0.2) is 29.6 Å². The Hall–Kier alpha value is -2.41. The van der Waals surface area contributed by atoms with Gasteiger partial charge in [0.05, 0.1) is 6.10 Å². The fraction of sp³-hybridized carbons (Fsp3) is 0.500. The van der Waals surface area contributed by atoms with Crippen molar-refractivity contribution >= 4 is 23.2 Å². The largest absolute Gasteiger partial charge is 0.491 e. The van der Waals surface area contributed by atoms with Crippen LogP contribution in [0.4, 0.5) is 0 Å². The van der Waals surface area contributed by atoms with Crippen LogP contribution in [0, 0.1) is 0 Å². The van der Waals surface area contributed by atoms with Gasteiger partial charge in [0.15, 0.2) is 0 Å². The van der Waals surface area contributed by atoms with Crippen molar-refractivity contribution in [2.45, 2.75) is 64.5 Å². The predicted molar refractivity (Wildman–Crippen MR) is 115 cm³/mol. The molecule has 7 heteroatoms. The van der Waals surface area contributed by atoms with Crippen molar-refractivity contribution in [3.05, 3.63) is 35.3 Å².